The molecule has 1 saturated heterocycles. The van der Waals surface area contributed by atoms with Crippen molar-refractivity contribution >= 4 is 11.4 Å². The lowest BCUT2D eigenvalue weighted by Crippen LogP contribution is -2.34. The van der Waals surface area contributed by atoms with Gasteiger partial charge in [0.15, 0.2) is 0 Å². The number of piperidine rings is 1. The second-order valence-electron chi connectivity index (χ2n) is 6.29. The topological polar surface area (TPSA) is 77.6 Å². The fraction of sp³-hybridized carbons (Fsp3) is 0.368. The lowest BCUT2D eigenvalue weighted by Gasteiger charge is -2.25. The molecule has 0 aromatic carbocycles. The summed E-state index contributed by atoms with van der Waals surface area (Å²) in [6.45, 7) is 5.29. The molecule has 0 spiro atoms. The Labute approximate surface area is 158 Å². The van der Waals surface area contributed by atoms with Crippen molar-refractivity contribution < 1.29 is 9.53 Å². The highest BCUT2D eigenvalue weighted by atomic mass is 16.5. The number of ether oxygens (including phenoxy) is 1. The summed E-state index contributed by atoms with van der Waals surface area (Å²) >= 11 is 0. The maximum atomic E-state index is 11.0. The number of carbonyl (C=O) groups excluding carboxylic acids is 1. The van der Waals surface area contributed by atoms with Crippen LogP contribution in [0.4, 0.5) is 0 Å². The zero-order valence-corrected chi connectivity index (χ0v) is 15.7. The Morgan fingerprint density at radius 1 is 1.22 bits per heavy atom. The monoisotopic (exact) mass is 368 g/mol. The molecular weight excluding hydrogens is 344 g/mol. The number of aromatic nitrogens is 5. The van der Waals surface area contributed by atoms with Crippen LogP contribution >= 0.6 is 0 Å². The zero-order chi connectivity index (χ0) is 19.2. The minimum absolute atomic E-state index is 0.0831. The normalized spacial score (nSPS) is 13.8. The van der Waals surface area contributed by atoms with Crippen LogP contribution in [0.3, 0.4) is 0 Å². The van der Waals surface area contributed by atoms with Crippen LogP contribution in [-0.4, -0.2) is 55.4 Å². The Hall–Kier alpha value is -3.16. The molecule has 1 aliphatic rings. The van der Waals surface area contributed by atoms with Crippen LogP contribution in [-0.2, 0) is 11.8 Å². The van der Waals surface area contributed by atoms with Crippen LogP contribution in [0.2, 0.25) is 0 Å². The maximum Gasteiger partial charge on any atom is 0.245 e. The first-order valence-electron chi connectivity index (χ1n) is 8.91. The summed E-state index contributed by atoms with van der Waals surface area (Å²) in [4.78, 5) is 17.3. The molecule has 3 aromatic heterocycles. The summed E-state index contributed by atoms with van der Waals surface area (Å²) in [5.41, 5.74) is 2.56. The molecule has 3 aromatic rings. The summed E-state index contributed by atoms with van der Waals surface area (Å²) in [5.74, 6) is 0.642. The van der Waals surface area contributed by atoms with Crippen molar-refractivity contribution in [2.75, 3.05) is 20.2 Å². The van der Waals surface area contributed by atoms with E-state index in [1.807, 2.05) is 30.4 Å². The quantitative estimate of drug-likeness (QED) is 0.663. The van der Waals surface area contributed by atoms with Crippen LogP contribution in [0.1, 0.15) is 19.3 Å². The highest BCUT2D eigenvalue weighted by molar-refractivity contribution is 5.87. The summed E-state index contributed by atoms with van der Waals surface area (Å²) in [5, 5.41) is 8.31. The lowest BCUT2D eigenvalue weighted by molar-refractivity contribution is -0.126. The minimum atomic E-state index is 0.0831. The van der Waals surface area contributed by atoms with Crippen LogP contribution in [0.5, 0.6) is 5.88 Å². The molecule has 0 atom stereocenters. The van der Waals surface area contributed by atoms with E-state index in [1.54, 1.807) is 28.7 Å². The van der Waals surface area contributed by atoms with Gasteiger partial charge in [-0.05, 0) is 31.4 Å². The Kier molecular flexibility index (Phi) is 5.85. The third kappa shape index (κ3) is 4.33. The van der Waals surface area contributed by atoms with Gasteiger partial charge >= 0.3 is 0 Å². The number of aryl methyl sites for hydroxylation is 1. The van der Waals surface area contributed by atoms with Crippen LogP contribution in [0, 0.1) is 0 Å². The average molecular weight is 368 g/mol. The largest absolute Gasteiger partial charge is 0.479 e. The van der Waals surface area contributed by atoms with Crippen molar-refractivity contribution in [3.8, 4) is 17.1 Å². The van der Waals surface area contributed by atoms with Gasteiger partial charge in [0.1, 0.15) is 5.52 Å². The molecule has 0 aliphatic carbocycles. The molecule has 142 valence electrons. The smallest absolute Gasteiger partial charge is 0.245 e. The average Bonchev–Trinajstić information content (AvgIpc) is 3.36. The second kappa shape index (κ2) is 8.48. The number of fused-ring (bicyclic) bond motifs is 1. The molecule has 4 rings (SSSR count). The third-order valence-electron chi connectivity index (χ3n) is 4.39. The molecule has 0 unspecified atom stereocenters. The van der Waals surface area contributed by atoms with Gasteiger partial charge in [0.05, 0.1) is 31.4 Å². The van der Waals surface area contributed by atoms with E-state index in [0.29, 0.717) is 5.88 Å². The summed E-state index contributed by atoms with van der Waals surface area (Å²) < 4.78 is 8.73. The van der Waals surface area contributed by atoms with E-state index in [2.05, 4.69) is 21.8 Å². The lowest BCUT2D eigenvalue weighted by atomic mass is 10.1. The molecule has 4 heterocycles. The zero-order valence-electron chi connectivity index (χ0n) is 15.7. The van der Waals surface area contributed by atoms with E-state index in [9.17, 15) is 4.79 Å². The van der Waals surface area contributed by atoms with E-state index < -0.39 is 0 Å². The second-order valence-corrected chi connectivity index (χ2v) is 6.29. The first kappa shape index (κ1) is 18.6. The van der Waals surface area contributed by atoms with Crippen molar-refractivity contribution in [2.24, 2.45) is 7.05 Å². The Bertz CT molecular complexity index is 923. The van der Waals surface area contributed by atoms with Gasteiger partial charge in [0, 0.05) is 31.9 Å². The SMILES string of the molecule is C=CC(=O)N1CCCCC1.COc1nc(-c2cnn(C)c2)cn2nccc12. The maximum absolute atomic E-state index is 11.0. The van der Waals surface area contributed by atoms with Gasteiger partial charge in [-0.1, -0.05) is 6.58 Å². The van der Waals surface area contributed by atoms with Gasteiger partial charge in [0.25, 0.3) is 0 Å². The predicted molar refractivity (Wildman–Crippen MR) is 102 cm³/mol. The number of amides is 1. The molecule has 0 N–H and O–H groups in total. The molecule has 1 fully saturated rings. The first-order valence-corrected chi connectivity index (χ1v) is 8.91. The van der Waals surface area contributed by atoms with Gasteiger partial charge in [-0.15, -0.1) is 0 Å². The van der Waals surface area contributed by atoms with E-state index in [1.165, 1.54) is 12.5 Å². The van der Waals surface area contributed by atoms with Crippen molar-refractivity contribution in [1.29, 1.82) is 0 Å². The number of hydrogen-bond acceptors (Lipinski definition) is 5. The summed E-state index contributed by atoms with van der Waals surface area (Å²) in [7, 11) is 3.47. The van der Waals surface area contributed by atoms with Crippen LogP contribution in [0.15, 0.2) is 43.5 Å². The molecule has 8 nitrogen and oxygen atoms in total. The molecule has 27 heavy (non-hydrogen) atoms. The highest BCUT2D eigenvalue weighted by Crippen LogP contribution is 2.22. The minimum Gasteiger partial charge on any atom is -0.479 e. The van der Waals surface area contributed by atoms with E-state index >= 15 is 0 Å². The van der Waals surface area contributed by atoms with Crippen LogP contribution < -0.4 is 4.74 Å². The number of likely N-dealkylation sites (tertiary alicyclic amines) is 1. The first-order chi connectivity index (χ1) is 13.1. The van der Waals surface area contributed by atoms with Gasteiger partial charge < -0.3 is 9.64 Å². The molecule has 1 amide bonds. The van der Waals surface area contributed by atoms with E-state index in [-0.39, 0.29) is 5.91 Å². The Morgan fingerprint density at radius 3 is 2.63 bits per heavy atom. The molecular formula is C19H24N6O2. The van der Waals surface area contributed by atoms with E-state index in [0.717, 1.165) is 42.7 Å². The van der Waals surface area contributed by atoms with E-state index in [4.69, 9.17) is 4.74 Å². The molecule has 8 heteroatoms. The number of rotatable bonds is 3. The Balaban J connectivity index is 0.000000180. The standard InChI is InChI=1S/C11H11N5O.C8H13NO/c1-15-6-8(5-13-15)9-7-16-10(3-4-12-16)11(14-9)17-2;1-2-8(10)9-6-4-3-5-7-9/h3-7H,1-2H3;2H,1,3-7H2. The number of nitrogens with zero attached hydrogens (tertiary/aromatic N) is 6. The molecule has 0 radical (unpaired) electrons. The van der Waals surface area contributed by atoms with Crippen molar-refractivity contribution in [3.05, 3.63) is 43.5 Å². The number of carbonyl (C=O) groups is 1. The molecule has 0 bridgehead atoms. The number of hydrogen-bond donors (Lipinski definition) is 0. The fourth-order valence-electron chi connectivity index (χ4n) is 2.98. The third-order valence-corrected chi connectivity index (χ3v) is 4.39. The van der Waals surface area contributed by atoms with Crippen molar-refractivity contribution in [3.63, 3.8) is 0 Å². The van der Waals surface area contributed by atoms with Gasteiger partial charge in [-0.2, -0.15) is 10.2 Å². The number of methoxy groups -OCH3 is 1. The van der Waals surface area contributed by atoms with Crippen molar-refractivity contribution in [1.82, 2.24) is 29.3 Å². The van der Waals surface area contributed by atoms with Gasteiger partial charge in [-0.3, -0.25) is 9.48 Å². The summed E-state index contributed by atoms with van der Waals surface area (Å²) in [6.07, 6.45) is 12.2. The fourth-order valence-corrected chi connectivity index (χ4v) is 2.98. The highest BCUT2D eigenvalue weighted by Gasteiger charge is 2.12. The van der Waals surface area contributed by atoms with Crippen LogP contribution in [0.25, 0.3) is 16.8 Å². The summed E-state index contributed by atoms with van der Waals surface area (Å²) in [6, 6.07) is 1.86. The van der Waals surface area contributed by atoms with Gasteiger partial charge in [0.2, 0.25) is 11.8 Å². The molecule has 0 saturated carbocycles. The van der Waals surface area contributed by atoms with Crippen molar-refractivity contribution in [2.45, 2.75) is 19.3 Å². The van der Waals surface area contributed by atoms with Gasteiger partial charge in [-0.25, -0.2) is 9.50 Å². The predicted octanol–water partition coefficient (Wildman–Crippen LogP) is 2.32. The Morgan fingerprint density at radius 2 is 2.00 bits per heavy atom. The molecule has 1 aliphatic heterocycles.